The number of fused-ring (bicyclic) bond motifs is 7. The molecular formula is C40H25N3. The summed E-state index contributed by atoms with van der Waals surface area (Å²) in [7, 11) is 0. The number of nitrogens with zero attached hydrogens (tertiary/aromatic N) is 3. The molecule has 0 aliphatic rings. The molecule has 9 rings (SSSR count). The van der Waals surface area contributed by atoms with Gasteiger partial charge in [-0.1, -0.05) is 127 Å². The largest absolute Gasteiger partial charge is 0.278 e. The van der Waals surface area contributed by atoms with Crippen LogP contribution in [0.5, 0.6) is 0 Å². The fraction of sp³-hybridized carbons (Fsp3) is 0. The van der Waals surface area contributed by atoms with Crippen LogP contribution < -0.4 is 0 Å². The van der Waals surface area contributed by atoms with Crippen molar-refractivity contribution < 1.29 is 0 Å². The van der Waals surface area contributed by atoms with Crippen molar-refractivity contribution in [3.8, 4) is 28.3 Å². The lowest BCUT2D eigenvalue weighted by molar-refractivity contribution is 1.01. The van der Waals surface area contributed by atoms with Crippen LogP contribution in [0.1, 0.15) is 0 Å². The van der Waals surface area contributed by atoms with Crippen molar-refractivity contribution >= 4 is 54.3 Å². The molecule has 0 N–H and O–H groups in total. The fourth-order valence-electron chi connectivity index (χ4n) is 6.62. The Morgan fingerprint density at radius 1 is 0.419 bits per heavy atom. The summed E-state index contributed by atoms with van der Waals surface area (Å²) in [6.45, 7) is 0. The zero-order valence-electron chi connectivity index (χ0n) is 23.3. The van der Waals surface area contributed by atoms with Gasteiger partial charge in [0, 0.05) is 21.7 Å². The second-order valence-electron chi connectivity index (χ2n) is 11.0. The summed E-state index contributed by atoms with van der Waals surface area (Å²) in [4.78, 5) is 10.5. The van der Waals surface area contributed by atoms with Crippen LogP contribution in [0, 0.1) is 0 Å². The number of hydrogen-bond acceptors (Lipinski definition) is 2. The third-order valence-electron chi connectivity index (χ3n) is 8.56. The number of hydrogen-bond donors (Lipinski definition) is 0. The van der Waals surface area contributed by atoms with E-state index in [9.17, 15) is 0 Å². The van der Waals surface area contributed by atoms with Gasteiger partial charge < -0.3 is 0 Å². The van der Waals surface area contributed by atoms with Crippen molar-refractivity contribution in [3.05, 3.63) is 152 Å². The lowest BCUT2D eigenvalue weighted by atomic mass is 9.94. The molecule has 43 heavy (non-hydrogen) atoms. The van der Waals surface area contributed by atoms with E-state index in [1.54, 1.807) is 0 Å². The molecule has 0 spiro atoms. The summed E-state index contributed by atoms with van der Waals surface area (Å²) in [6.07, 6.45) is 0. The molecular weight excluding hydrogens is 522 g/mol. The smallest absolute Gasteiger partial charge is 0.235 e. The minimum Gasteiger partial charge on any atom is -0.278 e. The molecule has 0 fully saturated rings. The second kappa shape index (κ2) is 9.37. The maximum atomic E-state index is 5.33. The van der Waals surface area contributed by atoms with E-state index < -0.39 is 0 Å². The molecule has 3 nitrogen and oxygen atoms in total. The third-order valence-corrected chi connectivity index (χ3v) is 8.56. The van der Waals surface area contributed by atoms with E-state index in [1.807, 2.05) is 12.1 Å². The Kier molecular flexibility index (Phi) is 5.20. The van der Waals surface area contributed by atoms with E-state index in [0.717, 1.165) is 33.2 Å². The molecule has 0 aliphatic carbocycles. The summed E-state index contributed by atoms with van der Waals surface area (Å²) < 4.78 is 2.27. The van der Waals surface area contributed by atoms with E-state index in [4.69, 9.17) is 9.97 Å². The predicted octanol–water partition coefficient (Wildman–Crippen LogP) is 10.4. The van der Waals surface area contributed by atoms with Crippen LogP contribution in [-0.4, -0.2) is 14.5 Å². The van der Waals surface area contributed by atoms with Gasteiger partial charge in [-0.25, -0.2) is 9.97 Å². The van der Waals surface area contributed by atoms with Gasteiger partial charge in [-0.3, -0.25) is 4.57 Å². The second-order valence-corrected chi connectivity index (χ2v) is 11.0. The quantitative estimate of drug-likeness (QED) is 0.220. The molecule has 2 aromatic heterocycles. The number of rotatable bonds is 3. The van der Waals surface area contributed by atoms with Gasteiger partial charge in [0.15, 0.2) is 0 Å². The predicted molar refractivity (Wildman–Crippen MR) is 180 cm³/mol. The maximum absolute atomic E-state index is 5.33. The molecule has 0 radical (unpaired) electrons. The molecule has 0 saturated carbocycles. The van der Waals surface area contributed by atoms with Crippen molar-refractivity contribution in [1.82, 2.24) is 14.5 Å². The first-order valence-electron chi connectivity index (χ1n) is 14.6. The highest BCUT2D eigenvalue weighted by Gasteiger charge is 2.21. The van der Waals surface area contributed by atoms with Gasteiger partial charge in [0.05, 0.1) is 22.2 Å². The molecule has 9 aromatic rings. The van der Waals surface area contributed by atoms with Gasteiger partial charge in [0.2, 0.25) is 5.95 Å². The Hall–Kier alpha value is -5.80. The molecule has 0 bridgehead atoms. The number of aromatic nitrogens is 3. The first-order valence-corrected chi connectivity index (χ1v) is 14.6. The monoisotopic (exact) mass is 547 g/mol. The SMILES string of the molecule is c1ccc(-c2nc(-n3c4cc5ccccc5cc4c4c5ccccc5c(-c5ccccc5)cc43)nc3ccccc23)cc1. The van der Waals surface area contributed by atoms with E-state index in [1.165, 1.54) is 43.4 Å². The third kappa shape index (κ3) is 3.68. The lowest BCUT2D eigenvalue weighted by Gasteiger charge is -2.13. The van der Waals surface area contributed by atoms with Gasteiger partial charge in [-0.15, -0.1) is 0 Å². The van der Waals surface area contributed by atoms with Gasteiger partial charge >= 0.3 is 0 Å². The van der Waals surface area contributed by atoms with Crippen molar-refractivity contribution in [3.63, 3.8) is 0 Å². The highest BCUT2D eigenvalue weighted by atomic mass is 15.2. The summed E-state index contributed by atoms with van der Waals surface area (Å²) in [6, 6.07) is 53.7. The molecule has 0 saturated heterocycles. The zero-order valence-corrected chi connectivity index (χ0v) is 23.3. The molecule has 0 aliphatic heterocycles. The van der Waals surface area contributed by atoms with Crippen LogP contribution in [-0.2, 0) is 0 Å². The minimum absolute atomic E-state index is 0.669. The summed E-state index contributed by atoms with van der Waals surface area (Å²) >= 11 is 0. The first-order chi connectivity index (χ1) is 21.3. The summed E-state index contributed by atoms with van der Waals surface area (Å²) in [5, 5.41) is 8.32. The topological polar surface area (TPSA) is 30.7 Å². The summed E-state index contributed by atoms with van der Waals surface area (Å²) in [5.41, 5.74) is 7.50. The molecule has 7 aromatic carbocycles. The normalized spacial score (nSPS) is 11.7. The first kappa shape index (κ1) is 23.9. The van der Waals surface area contributed by atoms with Crippen molar-refractivity contribution in [1.29, 1.82) is 0 Å². The molecule has 0 atom stereocenters. The van der Waals surface area contributed by atoms with Gasteiger partial charge in [-0.05, 0) is 56.9 Å². The van der Waals surface area contributed by atoms with Crippen molar-refractivity contribution in [2.24, 2.45) is 0 Å². The number of benzene rings is 7. The van der Waals surface area contributed by atoms with Crippen LogP contribution >= 0.6 is 0 Å². The van der Waals surface area contributed by atoms with Crippen LogP contribution in [0.2, 0.25) is 0 Å². The Morgan fingerprint density at radius 2 is 1.02 bits per heavy atom. The maximum Gasteiger partial charge on any atom is 0.235 e. The Labute approximate surface area is 248 Å². The van der Waals surface area contributed by atoms with Gasteiger partial charge in [-0.2, -0.15) is 0 Å². The molecule has 200 valence electrons. The Balaban J connectivity index is 1.49. The minimum atomic E-state index is 0.669. The van der Waals surface area contributed by atoms with Crippen LogP contribution in [0.25, 0.3) is 82.6 Å². The lowest BCUT2D eigenvalue weighted by Crippen LogP contribution is -2.03. The molecule has 2 heterocycles. The average Bonchev–Trinajstić information content (AvgIpc) is 3.40. The van der Waals surface area contributed by atoms with Crippen molar-refractivity contribution in [2.45, 2.75) is 0 Å². The summed E-state index contributed by atoms with van der Waals surface area (Å²) in [5.74, 6) is 0.669. The molecule has 3 heteroatoms. The van der Waals surface area contributed by atoms with E-state index in [2.05, 4.69) is 144 Å². The zero-order chi connectivity index (χ0) is 28.3. The highest BCUT2D eigenvalue weighted by Crippen LogP contribution is 2.42. The van der Waals surface area contributed by atoms with Gasteiger partial charge in [0.25, 0.3) is 0 Å². The highest BCUT2D eigenvalue weighted by molar-refractivity contribution is 6.25. The molecule has 0 amide bonds. The van der Waals surface area contributed by atoms with Crippen LogP contribution in [0.15, 0.2) is 152 Å². The molecule has 0 unspecified atom stereocenters. The van der Waals surface area contributed by atoms with E-state index in [-0.39, 0.29) is 0 Å². The Bertz CT molecular complexity index is 2490. The van der Waals surface area contributed by atoms with E-state index in [0.29, 0.717) is 5.95 Å². The van der Waals surface area contributed by atoms with Gasteiger partial charge in [0.1, 0.15) is 0 Å². The number of para-hydroxylation sites is 1. The van der Waals surface area contributed by atoms with Crippen molar-refractivity contribution in [2.75, 3.05) is 0 Å². The van der Waals surface area contributed by atoms with Crippen LogP contribution in [0.3, 0.4) is 0 Å². The fourth-order valence-corrected chi connectivity index (χ4v) is 6.62. The average molecular weight is 548 g/mol. The van der Waals surface area contributed by atoms with E-state index >= 15 is 0 Å². The Morgan fingerprint density at radius 3 is 1.79 bits per heavy atom. The van der Waals surface area contributed by atoms with Crippen LogP contribution in [0.4, 0.5) is 0 Å². The standard InChI is InChI=1S/C40H25N3/c1-3-13-26(14-4-1)33-25-37-38(31-20-10-9-19-30(31)33)34-23-28-17-7-8-18-29(28)24-36(34)43(37)40-41-35-22-12-11-21-32(35)39(42-40)27-15-5-2-6-16-27/h1-25H.